The monoisotopic (exact) mass is 308 g/mol. The molecule has 1 atom stereocenters. The van der Waals surface area contributed by atoms with Crippen molar-refractivity contribution in [2.24, 2.45) is 5.92 Å². The minimum atomic E-state index is -0.774. The molecule has 2 heterocycles. The summed E-state index contributed by atoms with van der Waals surface area (Å²) in [5.74, 6) is -0.710. The lowest BCUT2D eigenvalue weighted by atomic mass is 10.1. The molecule has 0 amide bonds. The number of carboxylic acids is 1. The van der Waals surface area contributed by atoms with Crippen LogP contribution in [0.3, 0.4) is 0 Å². The molecule has 0 saturated heterocycles. The first-order chi connectivity index (χ1) is 9.58. The van der Waals surface area contributed by atoms with Crippen LogP contribution in [0.1, 0.15) is 30.7 Å². The van der Waals surface area contributed by atoms with Crippen LogP contribution in [-0.4, -0.2) is 26.3 Å². The van der Waals surface area contributed by atoms with Crippen LogP contribution in [0.15, 0.2) is 11.4 Å². The third-order valence-corrected chi connectivity index (χ3v) is 6.29. The molecule has 1 N–H and O–H groups in total. The molecule has 0 fully saturated rings. The largest absolute Gasteiger partial charge is 0.480 e. The van der Waals surface area contributed by atoms with E-state index in [9.17, 15) is 9.90 Å². The van der Waals surface area contributed by atoms with Gasteiger partial charge in [0.25, 0.3) is 0 Å². The molecule has 1 unspecified atom stereocenters. The summed E-state index contributed by atoms with van der Waals surface area (Å²) in [7, 11) is 0. The Morgan fingerprint density at radius 3 is 2.90 bits per heavy atom. The summed E-state index contributed by atoms with van der Waals surface area (Å²) in [6, 6.07) is 0. The van der Waals surface area contributed by atoms with E-state index in [1.807, 2.05) is 13.8 Å². The van der Waals surface area contributed by atoms with Gasteiger partial charge in [0.15, 0.2) is 0 Å². The van der Waals surface area contributed by atoms with Crippen molar-refractivity contribution in [3.05, 3.63) is 16.8 Å². The van der Waals surface area contributed by atoms with Gasteiger partial charge < -0.3 is 5.11 Å². The van der Waals surface area contributed by atoms with E-state index in [1.165, 1.54) is 28.6 Å². The van der Waals surface area contributed by atoms with Gasteiger partial charge in [0, 0.05) is 10.3 Å². The highest BCUT2D eigenvalue weighted by molar-refractivity contribution is 8.00. The molecular weight excluding hydrogens is 292 g/mol. The van der Waals surface area contributed by atoms with E-state index in [1.54, 1.807) is 17.7 Å². The molecule has 0 saturated carbocycles. The summed E-state index contributed by atoms with van der Waals surface area (Å²) in [5.41, 5.74) is 1.35. The van der Waals surface area contributed by atoms with Gasteiger partial charge in [-0.1, -0.05) is 25.6 Å². The molecule has 1 aliphatic carbocycles. The van der Waals surface area contributed by atoms with E-state index >= 15 is 0 Å². The zero-order chi connectivity index (χ0) is 14.3. The second-order valence-corrected chi connectivity index (χ2v) is 7.55. The smallest absolute Gasteiger partial charge is 0.317 e. The van der Waals surface area contributed by atoms with Gasteiger partial charge in [-0.25, -0.2) is 9.97 Å². The molecule has 0 aliphatic heterocycles. The maximum Gasteiger partial charge on any atom is 0.317 e. The summed E-state index contributed by atoms with van der Waals surface area (Å²) in [5, 5.41) is 10.8. The summed E-state index contributed by atoms with van der Waals surface area (Å²) >= 11 is 3.09. The van der Waals surface area contributed by atoms with Crippen molar-refractivity contribution >= 4 is 39.3 Å². The third kappa shape index (κ3) is 2.31. The lowest BCUT2D eigenvalue weighted by Crippen LogP contribution is -2.22. The molecule has 106 valence electrons. The van der Waals surface area contributed by atoms with Crippen molar-refractivity contribution in [3.8, 4) is 0 Å². The Morgan fingerprint density at radius 2 is 2.20 bits per heavy atom. The van der Waals surface area contributed by atoms with E-state index in [-0.39, 0.29) is 5.92 Å². The highest BCUT2D eigenvalue weighted by atomic mass is 32.2. The molecule has 2 aromatic heterocycles. The fourth-order valence-corrected chi connectivity index (χ4v) is 4.93. The topological polar surface area (TPSA) is 63.1 Å². The predicted molar refractivity (Wildman–Crippen MR) is 81.6 cm³/mol. The van der Waals surface area contributed by atoms with Crippen LogP contribution >= 0.6 is 23.1 Å². The first-order valence-electron chi connectivity index (χ1n) is 6.72. The van der Waals surface area contributed by atoms with Gasteiger partial charge in [0.05, 0.1) is 0 Å². The highest BCUT2D eigenvalue weighted by Gasteiger charge is 2.27. The van der Waals surface area contributed by atoms with E-state index in [0.29, 0.717) is 0 Å². The van der Waals surface area contributed by atoms with Gasteiger partial charge in [0.1, 0.15) is 21.4 Å². The molecular formula is C14H16N2O2S2. The number of aryl methyl sites for hydroxylation is 2. The maximum absolute atomic E-state index is 11.4. The van der Waals surface area contributed by atoms with Crippen LogP contribution in [0, 0.1) is 5.92 Å². The van der Waals surface area contributed by atoms with Crippen molar-refractivity contribution in [1.82, 2.24) is 9.97 Å². The molecule has 3 rings (SSSR count). The number of aliphatic carboxylic acids is 1. The summed E-state index contributed by atoms with van der Waals surface area (Å²) in [6.07, 6.45) is 4.92. The minimum Gasteiger partial charge on any atom is -0.480 e. The van der Waals surface area contributed by atoms with Crippen molar-refractivity contribution in [3.63, 3.8) is 0 Å². The number of carboxylic acid groups (broad SMARTS) is 1. The van der Waals surface area contributed by atoms with Crippen LogP contribution < -0.4 is 0 Å². The van der Waals surface area contributed by atoms with Gasteiger partial charge in [-0.2, -0.15) is 0 Å². The fraction of sp³-hybridized carbons (Fsp3) is 0.500. The summed E-state index contributed by atoms with van der Waals surface area (Å²) in [6.45, 7) is 3.87. The average Bonchev–Trinajstić information content (AvgIpc) is 2.94. The molecule has 4 nitrogen and oxygen atoms in total. The lowest BCUT2D eigenvalue weighted by molar-refractivity contribution is -0.137. The summed E-state index contributed by atoms with van der Waals surface area (Å²) < 4.78 is 0. The minimum absolute atomic E-state index is 0.0641. The first kappa shape index (κ1) is 13.8. The standard InChI is InChI=1S/C14H16N2O2S2/c1-7(2)11(14(17)18)20-13-10-8-4-3-5-9(8)19-12(10)15-6-16-13/h6-7,11H,3-5H2,1-2H3,(H,17,18). The molecule has 0 aromatic carbocycles. The van der Waals surface area contributed by atoms with E-state index in [2.05, 4.69) is 9.97 Å². The van der Waals surface area contributed by atoms with Crippen LogP contribution in [0.2, 0.25) is 0 Å². The molecule has 0 spiro atoms. The molecule has 0 bridgehead atoms. The second kappa shape index (κ2) is 5.33. The van der Waals surface area contributed by atoms with Crippen LogP contribution in [0.4, 0.5) is 0 Å². The maximum atomic E-state index is 11.4. The number of nitrogens with zero attached hydrogens (tertiary/aromatic N) is 2. The molecule has 0 radical (unpaired) electrons. The Bertz CT molecular complexity index is 666. The van der Waals surface area contributed by atoms with Crippen molar-refractivity contribution < 1.29 is 9.90 Å². The van der Waals surface area contributed by atoms with E-state index in [0.717, 1.165) is 28.1 Å². The number of rotatable bonds is 4. The van der Waals surface area contributed by atoms with Gasteiger partial charge in [-0.05, 0) is 30.7 Å². The average molecular weight is 308 g/mol. The Morgan fingerprint density at radius 1 is 1.40 bits per heavy atom. The van der Waals surface area contributed by atoms with Crippen LogP contribution in [0.5, 0.6) is 0 Å². The number of carbonyl (C=O) groups is 1. The normalized spacial score (nSPS) is 15.8. The van der Waals surface area contributed by atoms with E-state index in [4.69, 9.17) is 0 Å². The van der Waals surface area contributed by atoms with Crippen LogP contribution in [-0.2, 0) is 17.6 Å². The van der Waals surface area contributed by atoms with Gasteiger partial charge in [-0.3, -0.25) is 4.79 Å². The quantitative estimate of drug-likeness (QED) is 0.693. The zero-order valence-corrected chi connectivity index (χ0v) is 13.1. The summed E-state index contributed by atoms with van der Waals surface area (Å²) in [4.78, 5) is 22.5. The number of thiophene rings is 1. The second-order valence-electron chi connectivity index (χ2n) is 5.34. The molecule has 2 aromatic rings. The Kier molecular flexibility index (Phi) is 3.69. The number of hydrogen-bond donors (Lipinski definition) is 1. The molecule has 20 heavy (non-hydrogen) atoms. The molecule has 6 heteroatoms. The van der Waals surface area contributed by atoms with Gasteiger partial charge >= 0.3 is 5.97 Å². The number of fused-ring (bicyclic) bond motifs is 3. The predicted octanol–water partition coefficient (Wildman–Crippen LogP) is 3.38. The highest BCUT2D eigenvalue weighted by Crippen LogP contribution is 2.41. The van der Waals surface area contributed by atoms with Crippen molar-refractivity contribution in [2.45, 2.75) is 43.4 Å². The molecule has 1 aliphatic rings. The van der Waals surface area contributed by atoms with Gasteiger partial charge in [0.2, 0.25) is 0 Å². The first-order valence-corrected chi connectivity index (χ1v) is 8.42. The third-order valence-electron chi connectivity index (χ3n) is 3.55. The van der Waals surface area contributed by atoms with Crippen molar-refractivity contribution in [2.75, 3.05) is 0 Å². The number of aromatic nitrogens is 2. The Hall–Kier alpha value is -1.14. The zero-order valence-electron chi connectivity index (χ0n) is 11.4. The number of hydrogen-bond acceptors (Lipinski definition) is 5. The number of thioether (sulfide) groups is 1. The lowest BCUT2D eigenvalue weighted by Gasteiger charge is -2.15. The van der Waals surface area contributed by atoms with E-state index < -0.39 is 11.2 Å². The van der Waals surface area contributed by atoms with Crippen LogP contribution in [0.25, 0.3) is 10.2 Å². The van der Waals surface area contributed by atoms with Crippen molar-refractivity contribution in [1.29, 1.82) is 0 Å². The van der Waals surface area contributed by atoms with Gasteiger partial charge in [-0.15, -0.1) is 11.3 Å². The Balaban J connectivity index is 2.05. The Labute approximate surface area is 125 Å². The SMILES string of the molecule is CC(C)C(Sc1ncnc2sc3c(c12)CCC3)C(=O)O. The fourth-order valence-electron chi connectivity index (χ4n) is 2.58.